The Balaban J connectivity index is 1.71. The van der Waals surface area contributed by atoms with Crippen molar-refractivity contribution in [2.75, 3.05) is 5.32 Å². The highest BCUT2D eigenvalue weighted by Gasteiger charge is 2.56. The number of allylic oxidation sites excluding steroid dienone is 4. The molecule has 4 N–H and O–H groups in total. The van der Waals surface area contributed by atoms with Gasteiger partial charge in [0.05, 0.1) is 11.1 Å². The Hall–Kier alpha value is -4.86. The van der Waals surface area contributed by atoms with Crippen LogP contribution in [0.4, 0.5) is 5.69 Å². The summed E-state index contributed by atoms with van der Waals surface area (Å²) in [6.45, 7) is 7.19. The number of aromatic hydroxyl groups is 3. The zero-order valence-corrected chi connectivity index (χ0v) is 21.1. The molecule has 0 saturated heterocycles. The summed E-state index contributed by atoms with van der Waals surface area (Å²) in [6.07, 6.45) is 1.09. The summed E-state index contributed by atoms with van der Waals surface area (Å²) in [5.74, 6) is -3.51. The van der Waals surface area contributed by atoms with E-state index in [1.165, 1.54) is 39.8 Å². The molecule has 0 amide bonds. The van der Waals surface area contributed by atoms with Gasteiger partial charge < -0.3 is 29.8 Å². The topological polar surface area (TPSA) is 163 Å². The fourth-order valence-corrected chi connectivity index (χ4v) is 5.11. The monoisotopic (exact) mass is 517 g/mol. The summed E-state index contributed by atoms with van der Waals surface area (Å²) < 4.78 is 11.1. The van der Waals surface area contributed by atoms with Gasteiger partial charge in [0.2, 0.25) is 0 Å². The smallest absolute Gasteiger partial charge is 0.336 e. The van der Waals surface area contributed by atoms with Crippen LogP contribution in [-0.4, -0.2) is 32.7 Å². The van der Waals surface area contributed by atoms with Gasteiger partial charge in [-0.05, 0) is 52.3 Å². The minimum absolute atomic E-state index is 0.0145. The number of hydrogen-bond acceptors (Lipinski definition) is 10. The van der Waals surface area contributed by atoms with E-state index in [1.807, 2.05) is 0 Å². The summed E-state index contributed by atoms with van der Waals surface area (Å²) >= 11 is 0. The fourth-order valence-electron chi connectivity index (χ4n) is 5.11. The van der Waals surface area contributed by atoms with Gasteiger partial charge in [-0.2, -0.15) is 0 Å². The first-order valence-electron chi connectivity index (χ1n) is 11.6. The Bertz CT molecular complexity index is 1770. The van der Waals surface area contributed by atoms with E-state index in [9.17, 15) is 34.5 Å². The molecule has 2 heterocycles. The van der Waals surface area contributed by atoms with Crippen LogP contribution in [0.25, 0.3) is 11.0 Å². The van der Waals surface area contributed by atoms with Crippen LogP contribution in [0.5, 0.6) is 23.0 Å². The molecular formula is C28H23NO9. The lowest BCUT2D eigenvalue weighted by Gasteiger charge is -2.29. The van der Waals surface area contributed by atoms with Crippen LogP contribution < -0.4 is 15.7 Å². The number of carbonyl (C=O) groups excluding carboxylic acids is 3. The molecule has 10 nitrogen and oxygen atoms in total. The Labute approximate surface area is 215 Å². The van der Waals surface area contributed by atoms with Crippen molar-refractivity contribution in [1.82, 2.24) is 0 Å². The Kier molecular flexibility index (Phi) is 5.27. The molecule has 0 bridgehead atoms. The normalized spacial score (nSPS) is 19.6. The number of fused-ring (bicyclic) bond motifs is 4. The van der Waals surface area contributed by atoms with Crippen LogP contribution in [0.15, 0.2) is 50.5 Å². The fraction of sp³-hybridized carbons (Fsp3) is 0.214. The number of ketones is 3. The maximum atomic E-state index is 14.0. The van der Waals surface area contributed by atoms with Crippen LogP contribution in [0.1, 0.15) is 47.8 Å². The quantitative estimate of drug-likeness (QED) is 0.132. The molecule has 1 aromatic heterocycles. The van der Waals surface area contributed by atoms with E-state index in [2.05, 4.69) is 5.32 Å². The van der Waals surface area contributed by atoms with E-state index in [-0.39, 0.29) is 56.5 Å². The van der Waals surface area contributed by atoms with Crippen molar-refractivity contribution in [3.8, 4) is 23.0 Å². The highest BCUT2D eigenvalue weighted by molar-refractivity contribution is 6.31. The third kappa shape index (κ3) is 3.19. The molecule has 10 heteroatoms. The number of aryl methyl sites for hydroxylation is 1. The average molecular weight is 517 g/mol. The maximum Gasteiger partial charge on any atom is 0.336 e. The van der Waals surface area contributed by atoms with Gasteiger partial charge in [-0.15, -0.1) is 0 Å². The SMILES string of the molecule is CC(=O)c1c(O)c(C)c(O)c2c1OC1=CC(=O)C(=C(C)Nc3c(O)ccc4c(C)cc(=O)oc34)C(=O)[C@@]12C. The van der Waals surface area contributed by atoms with Crippen molar-refractivity contribution in [3.63, 3.8) is 0 Å². The number of ether oxygens (including phenoxy) is 1. The number of phenols is 3. The van der Waals surface area contributed by atoms with Crippen molar-refractivity contribution >= 4 is 34.0 Å². The summed E-state index contributed by atoms with van der Waals surface area (Å²) in [5, 5.41) is 35.4. The standard InChI is InChI=1S/C28H23NO9/c1-10-8-18(33)38-25-14(10)6-7-15(31)22(25)29-12(3)19-16(32)9-17-28(5,27(19)36)21-24(35)11(2)23(34)20(13(4)30)26(21)37-17/h6-9,29,31,34-35H,1-5H3/t28-/m0/s1. The van der Waals surface area contributed by atoms with Crippen molar-refractivity contribution in [3.05, 3.63) is 74.0 Å². The molecule has 1 aliphatic heterocycles. The molecule has 1 aliphatic carbocycles. The minimum atomic E-state index is -1.70. The molecule has 1 atom stereocenters. The zero-order chi connectivity index (χ0) is 27.8. The average Bonchev–Trinajstić information content (AvgIpc) is 3.12. The Morgan fingerprint density at radius 2 is 1.71 bits per heavy atom. The molecule has 0 spiro atoms. The summed E-state index contributed by atoms with van der Waals surface area (Å²) in [4.78, 5) is 51.5. The van der Waals surface area contributed by atoms with Crippen LogP contribution in [0.2, 0.25) is 0 Å². The summed E-state index contributed by atoms with van der Waals surface area (Å²) in [7, 11) is 0. The zero-order valence-electron chi connectivity index (χ0n) is 21.1. The van der Waals surface area contributed by atoms with Gasteiger partial charge >= 0.3 is 5.63 Å². The van der Waals surface area contributed by atoms with Crippen LogP contribution in [0.3, 0.4) is 0 Å². The van der Waals surface area contributed by atoms with Crippen LogP contribution in [0, 0.1) is 13.8 Å². The van der Waals surface area contributed by atoms with E-state index >= 15 is 0 Å². The number of carbonyl (C=O) groups is 3. The van der Waals surface area contributed by atoms with Gasteiger partial charge in [0, 0.05) is 28.8 Å². The molecule has 0 saturated carbocycles. The molecule has 194 valence electrons. The second-order valence-corrected chi connectivity index (χ2v) is 9.60. The maximum absolute atomic E-state index is 14.0. The molecule has 0 unspecified atom stereocenters. The molecule has 3 aromatic rings. The molecule has 38 heavy (non-hydrogen) atoms. The van der Waals surface area contributed by atoms with E-state index in [0.717, 1.165) is 6.08 Å². The molecule has 2 aromatic carbocycles. The number of phenolic OH excluding ortho intramolecular Hbond substituents is 3. The summed E-state index contributed by atoms with van der Waals surface area (Å²) in [5.41, 5.74) is -2.24. The second-order valence-electron chi connectivity index (χ2n) is 9.60. The highest BCUT2D eigenvalue weighted by Crippen LogP contribution is 2.57. The highest BCUT2D eigenvalue weighted by atomic mass is 16.5. The van der Waals surface area contributed by atoms with Crippen molar-refractivity contribution in [2.45, 2.75) is 40.0 Å². The first kappa shape index (κ1) is 24.8. The lowest BCUT2D eigenvalue weighted by Crippen LogP contribution is -2.40. The van der Waals surface area contributed by atoms with E-state index in [0.29, 0.717) is 10.9 Å². The minimum Gasteiger partial charge on any atom is -0.507 e. The molecular weight excluding hydrogens is 494 g/mol. The molecule has 0 radical (unpaired) electrons. The van der Waals surface area contributed by atoms with Crippen LogP contribution >= 0.6 is 0 Å². The predicted molar refractivity (Wildman–Crippen MR) is 136 cm³/mol. The lowest BCUT2D eigenvalue weighted by molar-refractivity contribution is -0.123. The van der Waals surface area contributed by atoms with E-state index in [1.54, 1.807) is 13.0 Å². The van der Waals surface area contributed by atoms with E-state index in [4.69, 9.17) is 9.15 Å². The number of hydrogen-bond donors (Lipinski definition) is 4. The number of anilines is 1. The first-order valence-corrected chi connectivity index (χ1v) is 11.6. The third-order valence-corrected chi connectivity index (χ3v) is 7.17. The van der Waals surface area contributed by atoms with Gasteiger partial charge in [-0.1, -0.05) is 0 Å². The summed E-state index contributed by atoms with van der Waals surface area (Å²) in [6, 6.07) is 4.26. The van der Waals surface area contributed by atoms with Gasteiger partial charge in [0.25, 0.3) is 0 Å². The van der Waals surface area contributed by atoms with Gasteiger partial charge in [0.15, 0.2) is 22.9 Å². The van der Waals surface area contributed by atoms with Gasteiger partial charge in [-0.3, -0.25) is 14.4 Å². The van der Waals surface area contributed by atoms with Gasteiger partial charge in [0.1, 0.15) is 45.4 Å². The Morgan fingerprint density at radius 1 is 1.03 bits per heavy atom. The number of rotatable bonds is 3. The number of benzene rings is 2. The molecule has 0 fully saturated rings. The Morgan fingerprint density at radius 3 is 2.37 bits per heavy atom. The van der Waals surface area contributed by atoms with Crippen molar-refractivity contribution in [1.29, 1.82) is 0 Å². The predicted octanol–water partition coefficient (Wildman–Crippen LogP) is 3.80. The molecule has 5 rings (SSSR count). The second kappa shape index (κ2) is 8.07. The number of Topliss-reactive ketones (excluding diaryl/α,β-unsaturated/α-hetero) is 2. The van der Waals surface area contributed by atoms with E-state index < -0.39 is 39.9 Å². The molecule has 2 aliphatic rings. The first-order chi connectivity index (χ1) is 17.8. The lowest BCUT2D eigenvalue weighted by atomic mass is 9.70. The third-order valence-electron chi connectivity index (χ3n) is 7.17. The van der Waals surface area contributed by atoms with Crippen molar-refractivity contribution < 1.29 is 38.9 Å². The largest absolute Gasteiger partial charge is 0.507 e. The van der Waals surface area contributed by atoms with Crippen LogP contribution in [-0.2, 0) is 15.0 Å². The number of nitrogens with one attached hydrogen (secondary N) is 1. The van der Waals surface area contributed by atoms with Crippen molar-refractivity contribution in [2.24, 2.45) is 0 Å². The van der Waals surface area contributed by atoms with Gasteiger partial charge in [-0.25, -0.2) is 4.79 Å².